The summed E-state index contributed by atoms with van der Waals surface area (Å²) in [5.41, 5.74) is 4.15. The van der Waals surface area contributed by atoms with Gasteiger partial charge in [-0.2, -0.15) is 0 Å². The molecule has 0 saturated carbocycles. The van der Waals surface area contributed by atoms with Crippen LogP contribution in [0.5, 0.6) is 0 Å². The van der Waals surface area contributed by atoms with Crippen LogP contribution < -0.4 is 5.32 Å². The van der Waals surface area contributed by atoms with Crippen molar-refractivity contribution in [3.05, 3.63) is 65.5 Å². The Morgan fingerprint density at radius 2 is 1.92 bits per heavy atom. The van der Waals surface area contributed by atoms with Crippen LogP contribution in [0, 0.1) is 0 Å². The van der Waals surface area contributed by atoms with Crippen molar-refractivity contribution in [3.8, 4) is 21.8 Å². The van der Waals surface area contributed by atoms with E-state index in [0.717, 1.165) is 27.4 Å². The number of thiazole rings is 1. The summed E-state index contributed by atoms with van der Waals surface area (Å²) in [7, 11) is 0. The van der Waals surface area contributed by atoms with Crippen LogP contribution in [0.25, 0.3) is 21.8 Å². The third-order valence-corrected chi connectivity index (χ3v) is 4.35. The molecule has 24 heavy (non-hydrogen) atoms. The van der Waals surface area contributed by atoms with Crippen LogP contribution in [0.2, 0.25) is 0 Å². The van der Waals surface area contributed by atoms with Crippen LogP contribution >= 0.6 is 11.3 Å². The predicted molar refractivity (Wildman–Crippen MR) is 96.8 cm³/mol. The molecule has 122 valence electrons. The van der Waals surface area contributed by atoms with E-state index in [0.29, 0.717) is 13.2 Å². The smallest absolute Gasteiger partial charge is 0.407 e. The fraction of sp³-hybridized carbons (Fsp3) is 0.158. The summed E-state index contributed by atoms with van der Waals surface area (Å²) < 4.78 is 4.87. The van der Waals surface area contributed by atoms with Crippen LogP contribution in [-0.4, -0.2) is 17.7 Å². The number of nitrogens with zero attached hydrogens (tertiary/aromatic N) is 1. The van der Waals surface area contributed by atoms with E-state index in [1.807, 2.05) is 42.5 Å². The number of hydrogen-bond donors (Lipinski definition) is 1. The van der Waals surface area contributed by atoms with Crippen molar-refractivity contribution in [3.63, 3.8) is 0 Å². The quantitative estimate of drug-likeness (QED) is 0.732. The lowest BCUT2D eigenvalue weighted by molar-refractivity contribution is 0.151. The Morgan fingerprint density at radius 3 is 2.71 bits per heavy atom. The van der Waals surface area contributed by atoms with Crippen LogP contribution in [0.1, 0.15) is 12.5 Å². The lowest BCUT2D eigenvalue weighted by Gasteiger charge is -2.06. The van der Waals surface area contributed by atoms with E-state index in [1.165, 1.54) is 0 Å². The zero-order valence-corrected chi connectivity index (χ0v) is 14.2. The number of ether oxygens (including phenoxy) is 1. The summed E-state index contributed by atoms with van der Waals surface area (Å²) in [5.74, 6) is 0. The summed E-state index contributed by atoms with van der Waals surface area (Å²) in [4.78, 5) is 16.1. The first kappa shape index (κ1) is 16.2. The van der Waals surface area contributed by atoms with Crippen molar-refractivity contribution < 1.29 is 9.53 Å². The van der Waals surface area contributed by atoms with Gasteiger partial charge < -0.3 is 10.1 Å². The van der Waals surface area contributed by atoms with Crippen molar-refractivity contribution in [2.24, 2.45) is 0 Å². The minimum absolute atomic E-state index is 0.368. The topological polar surface area (TPSA) is 51.2 Å². The maximum Gasteiger partial charge on any atom is 0.407 e. The lowest BCUT2D eigenvalue weighted by atomic mass is 10.1. The maximum absolute atomic E-state index is 11.4. The molecular formula is C19H18N2O2S. The first-order valence-corrected chi connectivity index (χ1v) is 8.65. The van der Waals surface area contributed by atoms with Gasteiger partial charge in [0.15, 0.2) is 0 Å². The third-order valence-electron chi connectivity index (χ3n) is 3.46. The largest absolute Gasteiger partial charge is 0.450 e. The van der Waals surface area contributed by atoms with Gasteiger partial charge in [-0.25, -0.2) is 9.78 Å². The molecule has 1 N–H and O–H groups in total. The van der Waals surface area contributed by atoms with Crippen LogP contribution in [0.4, 0.5) is 4.79 Å². The van der Waals surface area contributed by atoms with Gasteiger partial charge in [-0.1, -0.05) is 48.5 Å². The van der Waals surface area contributed by atoms with E-state index in [4.69, 9.17) is 9.72 Å². The molecule has 3 aromatic rings. The average molecular weight is 338 g/mol. The monoisotopic (exact) mass is 338 g/mol. The Hall–Kier alpha value is -2.66. The van der Waals surface area contributed by atoms with Crippen LogP contribution in [-0.2, 0) is 11.3 Å². The molecule has 1 amide bonds. The molecule has 0 aliphatic rings. The Morgan fingerprint density at radius 1 is 1.12 bits per heavy atom. The third kappa shape index (κ3) is 4.00. The second kappa shape index (κ2) is 7.75. The summed E-state index contributed by atoms with van der Waals surface area (Å²) >= 11 is 1.62. The molecule has 0 unspecified atom stereocenters. The van der Waals surface area contributed by atoms with Gasteiger partial charge in [0.1, 0.15) is 5.01 Å². The van der Waals surface area contributed by atoms with E-state index in [-0.39, 0.29) is 0 Å². The standard InChI is InChI=1S/C19H18N2O2S/c1-2-23-19(22)20-12-14-7-6-10-16(11-14)18-21-17(13-24-18)15-8-4-3-5-9-15/h3-11,13H,2,12H2,1H3,(H,20,22). The molecule has 3 rings (SSSR count). The summed E-state index contributed by atoms with van der Waals surface area (Å²) in [6.07, 6.45) is -0.400. The molecule has 0 bridgehead atoms. The van der Waals surface area contributed by atoms with Gasteiger partial charge in [0, 0.05) is 23.1 Å². The highest BCUT2D eigenvalue weighted by molar-refractivity contribution is 7.13. The number of benzene rings is 2. The molecule has 2 aromatic carbocycles. The summed E-state index contributed by atoms with van der Waals surface area (Å²) in [6.45, 7) is 2.59. The fourth-order valence-electron chi connectivity index (χ4n) is 2.32. The van der Waals surface area contributed by atoms with Gasteiger partial charge in [-0.05, 0) is 18.6 Å². The Labute approximate surface area is 145 Å². The molecule has 0 aliphatic carbocycles. The van der Waals surface area contributed by atoms with E-state index < -0.39 is 6.09 Å². The molecule has 0 aliphatic heterocycles. The number of nitrogens with one attached hydrogen (secondary N) is 1. The highest BCUT2D eigenvalue weighted by Crippen LogP contribution is 2.29. The molecule has 0 atom stereocenters. The molecule has 0 saturated heterocycles. The molecule has 1 aromatic heterocycles. The van der Waals surface area contributed by atoms with Gasteiger partial charge in [-0.15, -0.1) is 11.3 Å². The van der Waals surface area contributed by atoms with E-state index >= 15 is 0 Å². The molecule has 4 nitrogen and oxygen atoms in total. The van der Waals surface area contributed by atoms with Gasteiger partial charge in [0.25, 0.3) is 0 Å². The Kier molecular flexibility index (Phi) is 5.23. The van der Waals surface area contributed by atoms with Crippen LogP contribution in [0.3, 0.4) is 0 Å². The predicted octanol–water partition coefficient (Wildman–Crippen LogP) is 4.72. The minimum Gasteiger partial charge on any atom is -0.450 e. The minimum atomic E-state index is -0.400. The van der Waals surface area contributed by atoms with Crippen molar-refractivity contribution in [2.75, 3.05) is 6.61 Å². The normalized spacial score (nSPS) is 10.4. The number of aromatic nitrogens is 1. The highest BCUT2D eigenvalue weighted by atomic mass is 32.1. The van der Waals surface area contributed by atoms with Crippen molar-refractivity contribution >= 4 is 17.4 Å². The number of carbonyl (C=O) groups is 1. The summed E-state index contributed by atoms with van der Waals surface area (Å²) in [6, 6.07) is 18.1. The average Bonchev–Trinajstić information content (AvgIpc) is 3.11. The van der Waals surface area contributed by atoms with E-state index in [9.17, 15) is 4.79 Å². The Balaban J connectivity index is 1.75. The number of amides is 1. The second-order valence-corrected chi connectivity index (χ2v) is 6.04. The Bertz CT molecular complexity index is 815. The summed E-state index contributed by atoms with van der Waals surface area (Å²) in [5, 5.41) is 5.76. The van der Waals surface area contributed by atoms with Crippen molar-refractivity contribution in [1.29, 1.82) is 0 Å². The highest BCUT2D eigenvalue weighted by Gasteiger charge is 2.08. The molecular weight excluding hydrogens is 320 g/mol. The molecule has 0 fully saturated rings. The number of rotatable bonds is 5. The van der Waals surface area contributed by atoms with Gasteiger partial charge in [-0.3, -0.25) is 0 Å². The lowest BCUT2D eigenvalue weighted by Crippen LogP contribution is -2.23. The maximum atomic E-state index is 11.4. The second-order valence-electron chi connectivity index (χ2n) is 5.18. The number of hydrogen-bond acceptors (Lipinski definition) is 4. The number of alkyl carbamates (subject to hydrolysis) is 1. The zero-order valence-electron chi connectivity index (χ0n) is 13.4. The first-order chi connectivity index (χ1) is 11.8. The SMILES string of the molecule is CCOC(=O)NCc1cccc(-c2nc(-c3ccccc3)cs2)c1. The number of carbonyl (C=O) groups excluding carboxylic acids is 1. The molecule has 1 heterocycles. The molecule has 0 radical (unpaired) electrons. The van der Waals surface area contributed by atoms with E-state index in [1.54, 1.807) is 18.3 Å². The first-order valence-electron chi connectivity index (χ1n) is 7.77. The van der Waals surface area contributed by atoms with Gasteiger partial charge in [0.2, 0.25) is 0 Å². The molecule has 0 spiro atoms. The van der Waals surface area contributed by atoms with Crippen LogP contribution in [0.15, 0.2) is 60.0 Å². The van der Waals surface area contributed by atoms with Gasteiger partial charge >= 0.3 is 6.09 Å². The molecule has 5 heteroatoms. The van der Waals surface area contributed by atoms with E-state index in [2.05, 4.69) is 22.8 Å². The van der Waals surface area contributed by atoms with Crippen molar-refractivity contribution in [2.45, 2.75) is 13.5 Å². The van der Waals surface area contributed by atoms with Crippen molar-refractivity contribution in [1.82, 2.24) is 10.3 Å². The van der Waals surface area contributed by atoms with Gasteiger partial charge in [0.05, 0.1) is 12.3 Å². The zero-order chi connectivity index (χ0) is 16.8. The fourth-order valence-corrected chi connectivity index (χ4v) is 3.14.